The van der Waals surface area contributed by atoms with E-state index in [4.69, 9.17) is 0 Å². The Morgan fingerprint density at radius 2 is 1.64 bits per heavy atom. The predicted octanol–water partition coefficient (Wildman–Crippen LogP) is 3.83. The molecule has 2 heterocycles. The molecule has 0 atom stereocenters. The van der Waals surface area contributed by atoms with Crippen LogP contribution in [0.2, 0.25) is 0 Å². The number of amides is 3. The third-order valence-corrected chi connectivity index (χ3v) is 4.46. The van der Waals surface area contributed by atoms with Gasteiger partial charge >= 0.3 is 0 Å². The van der Waals surface area contributed by atoms with Crippen LogP contribution >= 0.6 is 0 Å². The summed E-state index contributed by atoms with van der Waals surface area (Å²) < 4.78 is 0. The van der Waals surface area contributed by atoms with Crippen LogP contribution in [0, 0.1) is 5.41 Å². The van der Waals surface area contributed by atoms with Gasteiger partial charge in [-0.3, -0.25) is 19.4 Å². The molecule has 3 rings (SSSR count). The maximum Gasteiger partial charge on any atom is 0.284 e. The normalized spacial score (nSPS) is 14.2. The van der Waals surface area contributed by atoms with Crippen molar-refractivity contribution in [3.05, 3.63) is 59.4 Å². The van der Waals surface area contributed by atoms with Crippen molar-refractivity contribution in [2.45, 2.75) is 46.6 Å². The lowest BCUT2D eigenvalue weighted by Gasteiger charge is -2.33. The minimum atomic E-state index is -0.455. The number of rotatable bonds is 4. The molecule has 1 N–H and O–H groups in total. The summed E-state index contributed by atoms with van der Waals surface area (Å²) in [6.07, 6.45) is 2.31. The Balaban J connectivity index is 1.77. The molecule has 2 aromatic rings. The molecule has 1 aromatic carbocycles. The molecule has 0 saturated heterocycles. The van der Waals surface area contributed by atoms with Crippen molar-refractivity contribution >= 4 is 23.4 Å². The first kappa shape index (κ1) is 19.7. The van der Waals surface area contributed by atoms with Crippen molar-refractivity contribution in [1.82, 2.24) is 10.3 Å². The van der Waals surface area contributed by atoms with Gasteiger partial charge in [0.15, 0.2) is 0 Å². The van der Waals surface area contributed by atoms with Crippen LogP contribution in [0.5, 0.6) is 0 Å². The van der Waals surface area contributed by atoms with Gasteiger partial charge < -0.3 is 5.32 Å². The number of fused-ring (bicyclic) bond motifs is 1. The largest absolute Gasteiger partial charge is 0.347 e. The molecule has 6 heteroatoms. The number of imide groups is 1. The minimum absolute atomic E-state index is 0.0835. The lowest BCUT2D eigenvalue weighted by Crippen LogP contribution is -2.45. The lowest BCUT2D eigenvalue weighted by molar-refractivity contribution is 0.0888. The van der Waals surface area contributed by atoms with Gasteiger partial charge in [0.25, 0.3) is 17.7 Å². The summed E-state index contributed by atoms with van der Waals surface area (Å²) in [5.41, 5.74) is 1.05. The van der Waals surface area contributed by atoms with E-state index < -0.39 is 11.8 Å². The maximum atomic E-state index is 12.6. The smallest absolute Gasteiger partial charge is 0.284 e. The van der Waals surface area contributed by atoms with Crippen molar-refractivity contribution in [3.8, 4) is 0 Å². The number of carbonyl (C=O) groups excluding carboxylic acids is 3. The molecule has 6 nitrogen and oxygen atoms in total. The molecule has 28 heavy (non-hydrogen) atoms. The highest BCUT2D eigenvalue weighted by Crippen LogP contribution is 2.29. The van der Waals surface area contributed by atoms with Crippen molar-refractivity contribution in [3.63, 3.8) is 0 Å². The van der Waals surface area contributed by atoms with Crippen molar-refractivity contribution in [1.29, 1.82) is 0 Å². The molecule has 3 amide bonds. The number of hydrogen-bond donors (Lipinski definition) is 1. The Hall–Kier alpha value is -3.02. The van der Waals surface area contributed by atoms with Gasteiger partial charge in [-0.25, -0.2) is 4.90 Å². The first-order chi connectivity index (χ1) is 13.0. The summed E-state index contributed by atoms with van der Waals surface area (Å²) in [6, 6.07) is 9.66. The minimum Gasteiger partial charge on any atom is -0.347 e. The van der Waals surface area contributed by atoms with Crippen LogP contribution in [0.25, 0.3) is 0 Å². The number of hydrogen-bond acceptors (Lipinski definition) is 4. The lowest BCUT2D eigenvalue weighted by atomic mass is 9.81. The highest BCUT2D eigenvalue weighted by atomic mass is 16.2. The van der Waals surface area contributed by atoms with Crippen LogP contribution in [0.15, 0.2) is 42.6 Å². The highest BCUT2D eigenvalue weighted by Gasteiger charge is 2.37. The van der Waals surface area contributed by atoms with Crippen molar-refractivity contribution in [2.75, 3.05) is 4.90 Å². The first-order valence-corrected chi connectivity index (χ1v) is 9.25. The van der Waals surface area contributed by atoms with Gasteiger partial charge in [0.05, 0.1) is 11.3 Å². The van der Waals surface area contributed by atoms with Gasteiger partial charge in [-0.2, -0.15) is 0 Å². The second-order valence-corrected chi connectivity index (χ2v) is 8.97. The Morgan fingerprint density at radius 1 is 1.00 bits per heavy atom. The molecule has 0 fully saturated rings. The molecule has 0 bridgehead atoms. The van der Waals surface area contributed by atoms with Crippen LogP contribution in [-0.4, -0.2) is 28.2 Å². The average Bonchev–Trinajstić information content (AvgIpc) is 2.84. The molecule has 0 saturated carbocycles. The van der Waals surface area contributed by atoms with E-state index in [1.54, 1.807) is 36.4 Å². The second-order valence-electron chi connectivity index (χ2n) is 8.97. The van der Waals surface area contributed by atoms with Crippen LogP contribution < -0.4 is 10.2 Å². The van der Waals surface area contributed by atoms with E-state index >= 15 is 0 Å². The van der Waals surface area contributed by atoms with E-state index in [0.29, 0.717) is 16.8 Å². The number of pyridine rings is 1. The summed E-state index contributed by atoms with van der Waals surface area (Å²) in [4.78, 5) is 42.8. The Bertz CT molecular complexity index is 905. The van der Waals surface area contributed by atoms with Crippen molar-refractivity contribution in [2.24, 2.45) is 5.41 Å². The zero-order valence-electron chi connectivity index (χ0n) is 16.9. The van der Waals surface area contributed by atoms with E-state index in [1.165, 1.54) is 6.20 Å². The monoisotopic (exact) mass is 379 g/mol. The fraction of sp³-hybridized carbons (Fsp3) is 0.364. The number of nitrogens with one attached hydrogen (secondary N) is 1. The molecule has 0 spiro atoms. The number of aromatic nitrogens is 1. The maximum absolute atomic E-state index is 12.6. The number of carbonyl (C=O) groups is 3. The summed E-state index contributed by atoms with van der Waals surface area (Å²) in [7, 11) is 0. The summed E-state index contributed by atoms with van der Waals surface area (Å²) >= 11 is 0. The zero-order chi connectivity index (χ0) is 20.7. The van der Waals surface area contributed by atoms with E-state index in [2.05, 4.69) is 31.1 Å². The molecular weight excluding hydrogens is 354 g/mol. The van der Waals surface area contributed by atoms with Gasteiger partial charge in [-0.1, -0.05) is 20.8 Å². The quantitative estimate of drug-likeness (QED) is 0.819. The summed E-state index contributed by atoms with van der Waals surface area (Å²) in [5.74, 6) is -1.05. The molecule has 1 aliphatic rings. The van der Waals surface area contributed by atoms with Gasteiger partial charge in [-0.05, 0) is 62.1 Å². The van der Waals surface area contributed by atoms with E-state index in [0.717, 1.165) is 11.3 Å². The predicted molar refractivity (Wildman–Crippen MR) is 107 cm³/mol. The van der Waals surface area contributed by atoms with E-state index in [9.17, 15) is 14.4 Å². The fourth-order valence-corrected chi connectivity index (χ4v) is 3.81. The average molecular weight is 379 g/mol. The number of anilines is 1. The van der Waals surface area contributed by atoms with Crippen LogP contribution in [0.4, 0.5) is 5.69 Å². The summed E-state index contributed by atoms with van der Waals surface area (Å²) in [5, 5.41) is 3.05. The van der Waals surface area contributed by atoms with Gasteiger partial charge in [0.1, 0.15) is 5.69 Å². The topological polar surface area (TPSA) is 79.4 Å². The molecule has 0 radical (unpaired) electrons. The van der Waals surface area contributed by atoms with Gasteiger partial charge in [0.2, 0.25) is 0 Å². The van der Waals surface area contributed by atoms with Crippen LogP contribution in [0.3, 0.4) is 0 Å². The third-order valence-electron chi connectivity index (χ3n) is 4.46. The summed E-state index contributed by atoms with van der Waals surface area (Å²) in [6.45, 7) is 10.4. The zero-order valence-corrected chi connectivity index (χ0v) is 16.9. The molecule has 146 valence electrons. The number of benzene rings is 1. The molecule has 0 aliphatic carbocycles. The standard InChI is InChI=1S/C22H25N3O3/c1-21(2,3)13-22(4,5)24-18(26)14-8-10-15(11-9-14)25-19(27)16-7-6-12-23-17(16)20(25)28/h6-12H,13H2,1-5H3,(H,24,26). The Morgan fingerprint density at radius 3 is 2.21 bits per heavy atom. The molecule has 1 aromatic heterocycles. The molecular formula is C22H25N3O3. The Kier molecular flexibility index (Phi) is 4.83. The van der Waals surface area contributed by atoms with Gasteiger partial charge in [-0.15, -0.1) is 0 Å². The number of nitrogens with zero attached hydrogens (tertiary/aromatic N) is 2. The highest BCUT2D eigenvalue weighted by molar-refractivity contribution is 6.33. The third kappa shape index (κ3) is 3.96. The fourth-order valence-electron chi connectivity index (χ4n) is 3.81. The van der Waals surface area contributed by atoms with Gasteiger partial charge in [0, 0.05) is 17.3 Å². The Labute approximate surface area is 165 Å². The molecule has 0 unspecified atom stereocenters. The van der Waals surface area contributed by atoms with Crippen LogP contribution in [-0.2, 0) is 0 Å². The van der Waals surface area contributed by atoms with E-state index in [1.807, 2.05) is 13.8 Å². The SMILES string of the molecule is CC(C)(C)CC(C)(C)NC(=O)c1ccc(N2C(=O)c3cccnc3C2=O)cc1. The van der Waals surface area contributed by atoms with Crippen molar-refractivity contribution < 1.29 is 14.4 Å². The second kappa shape index (κ2) is 6.86. The first-order valence-electron chi connectivity index (χ1n) is 9.25. The van der Waals surface area contributed by atoms with Crippen LogP contribution in [0.1, 0.15) is 72.2 Å². The van der Waals surface area contributed by atoms with E-state index in [-0.39, 0.29) is 22.6 Å². The molecule has 1 aliphatic heterocycles.